The van der Waals surface area contributed by atoms with Gasteiger partial charge in [0, 0.05) is 6.42 Å². The van der Waals surface area contributed by atoms with Crippen LogP contribution in [0.15, 0.2) is 30.3 Å². The Labute approximate surface area is 126 Å². The Morgan fingerprint density at radius 2 is 1.86 bits per heavy atom. The molecule has 0 aromatic heterocycles. The van der Waals surface area contributed by atoms with Gasteiger partial charge in [0.1, 0.15) is 6.04 Å². The Morgan fingerprint density at radius 3 is 2.48 bits per heavy atom. The maximum Gasteiger partial charge on any atom is 0.326 e. The van der Waals surface area contributed by atoms with Crippen molar-refractivity contribution < 1.29 is 14.7 Å². The van der Waals surface area contributed by atoms with Gasteiger partial charge in [0.2, 0.25) is 5.91 Å². The van der Waals surface area contributed by atoms with Crippen LogP contribution in [-0.4, -0.2) is 23.0 Å². The fourth-order valence-corrected chi connectivity index (χ4v) is 2.20. The number of benzene rings is 1. The van der Waals surface area contributed by atoms with Crippen LogP contribution in [0.3, 0.4) is 0 Å². The van der Waals surface area contributed by atoms with Crippen LogP contribution in [0.4, 0.5) is 0 Å². The molecule has 0 spiro atoms. The predicted octanol–water partition coefficient (Wildman–Crippen LogP) is 3.16. The fourth-order valence-electron chi connectivity index (χ4n) is 2.20. The van der Waals surface area contributed by atoms with Gasteiger partial charge in [0.25, 0.3) is 0 Å². The lowest BCUT2D eigenvalue weighted by molar-refractivity contribution is -0.142. The Hall–Kier alpha value is -1.84. The number of carbonyl (C=O) groups is 2. The maximum atomic E-state index is 11.8. The highest BCUT2D eigenvalue weighted by Gasteiger charge is 2.18. The Balaban J connectivity index is 2.33. The van der Waals surface area contributed by atoms with Crippen molar-refractivity contribution >= 4 is 11.9 Å². The zero-order valence-corrected chi connectivity index (χ0v) is 12.7. The molecule has 0 fully saturated rings. The largest absolute Gasteiger partial charge is 0.480 e. The van der Waals surface area contributed by atoms with E-state index in [-0.39, 0.29) is 5.91 Å². The molecule has 0 aliphatic heterocycles. The molecule has 0 saturated carbocycles. The molecule has 0 saturated heterocycles. The Bertz CT molecular complexity index is 431. The van der Waals surface area contributed by atoms with E-state index in [1.54, 1.807) is 0 Å². The topological polar surface area (TPSA) is 66.4 Å². The molecule has 0 radical (unpaired) electrons. The summed E-state index contributed by atoms with van der Waals surface area (Å²) in [6.07, 6.45) is 5.53. The number of aryl methyl sites for hydroxylation is 1. The first kappa shape index (κ1) is 17.2. The fraction of sp³-hybridized carbons (Fsp3) is 0.529. The lowest BCUT2D eigenvalue weighted by atomic mass is 10.1. The van der Waals surface area contributed by atoms with E-state index in [2.05, 4.69) is 12.2 Å². The minimum absolute atomic E-state index is 0.193. The summed E-state index contributed by atoms with van der Waals surface area (Å²) in [5, 5.41) is 11.8. The second-order valence-corrected chi connectivity index (χ2v) is 5.29. The minimum Gasteiger partial charge on any atom is -0.480 e. The second-order valence-electron chi connectivity index (χ2n) is 5.29. The number of carbonyl (C=O) groups excluding carboxylic acids is 1. The van der Waals surface area contributed by atoms with Gasteiger partial charge in [0.15, 0.2) is 0 Å². The van der Waals surface area contributed by atoms with E-state index in [1.165, 1.54) is 0 Å². The maximum absolute atomic E-state index is 11.8. The molecule has 0 aliphatic carbocycles. The van der Waals surface area contributed by atoms with Crippen LogP contribution in [-0.2, 0) is 16.0 Å². The number of hydrogen-bond donors (Lipinski definition) is 2. The first-order valence-electron chi connectivity index (χ1n) is 7.69. The van der Waals surface area contributed by atoms with Gasteiger partial charge in [-0.25, -0.2) is 4.79 Å². The van der Waals surface area contributed by atoms with E-state index in [9.17, 15) is 9.59 Å². The molecule has 2 N–H and O–H groups in total. The van der Waals surface area contributed by atoms with Gasteiger partial charge in [-0.15, -0.1) is 0 Å². The summed E-state index contributed by atoms with van der Waals surface area (Å²) in [7, 11) is 0. The molecular weight excluding hydrogens is 266 g/mol. The molecule has 0 heterocycles. The molecule has 21 heavy (non-hydrogen) atoms. The highest BCUT2D eigenvalue weighted by Crippen LogP contribution is 2.07. The van der Waals surface area contributed by atoms with Gasteiger partial charge in [0.05, 0.1) is 0 Å². The van der Waals surface area contributed by atoms with E-state index in [0.717, 1.165) is 31.2 Å². The van der Waals surface area contributed by atoms with E-state index in [0.29, 0.717) is 19.3 Å². The third kappa shape index (κ3) is 7.49. The molecular formula is C17H25NO3. The second kappa shape index (κ2) is 9.97. The monoisotopic (exact) mass is 291 g/mol. The summed E-state index contributed by atoms with van der Waals surface area (Å²) < 4.78 is 0. The zero-order valence-electron chi connectivity index (χ0n) is 12.7. The molecule has 1 aromatic rings. The predicted molar refractivity (Wildman–Crippen MR) is 83.1 cm³/mol. The summed E-state index contributed by atoms with van der Waals surface area (Å²) in [5.41, 5.74) is 1.09. The van der Waals surface area contributed by atoms with E-state index in [4.69, 9.17) is 5.11 Å². The van der Waals surface area contributed by atoms with Crippen molar-refractivity contribution in [3.05, 3.63) is 35.9 Å². The summed E-state index contributed by atoms with van der Waals surface area (Å²) in [5.74, 6) is -1.14. The number of amides is 1. The van der Waals surface area contributed by atoms with Crippen LogP contribution in [0.1, 0.15) is 51.0 Å². The Morgan fingerprint density at radius 1 is 1.14 bits per heavy atom. The molecule has 0 unspecified atom stereocenters. The van der Waals surface area contributed by atoms with E-state index >= 15 is 0 Å². The average Bonchev–Trinajstić information content (AvgIpc) is 2.49. The number of carboxylic acids is 1. The van der Waals surface area contributed by atoms with Gasteiger partial charge in [-0.3, -0.25) is 4.79 Å². The zero-order chi connectivity index (χ0) is 15.5. The van der Waals surface area contributed by atoms with E-state index < -0.39 is 12.0 Å². The van der Waals surface area contributed by atoms with Crippen molar-refractivity contribution in [2.75, 3.05) is 0 Å². The normalized spacial score (nSPS) is 11.9. The third-order valence-electron chi connectivity index (χ3n) is 3.46. The highest BCUT2D eigenvalue weighted by molar-refractivity contribution is 5.83. The van der Waals surface area contributed by atoms with Crippen molar-refractivity contribution in [3.8, 4) is 0 Å². The molecule has 0 aliphatic rings. The first-order valence-corrected chi connectivity index (χ1v) is 7.69. The van der Waals surface area contributed by atoms with Crippen molar-refractivity contribution in [3.63, 3.8) is 0 Å². The van der Waals surface area contributed by atoms with E-state index in [1.807, 2.05) is 30.3 Å². The van der Waals surface area contributed by atoms with Crippen LogP contribution in [0.25, 0.3) is 0 Å². The van der Waals surface area contributed by atoms with Crippen molar-refractivity contribution in [2.24, 2.45) is 0 Å². The van der Waals surface area contributed by atoms with Crippen molar-refractivity contribution in [2.45, 2.75) is 57.9 Å². The summed E-state index contributed by atoms with van der Waals surface area (Å²) in [4.78, 5) is 23.0. The average molecular weight is 291 g/mol. The first-order chi connectivity index (χ1) is 10.1. The summed E-state index contributed by atoms with van der Waals surface area (Å²) in [6, 6.07) is 8.96. The number of rotatable bonds is 10. The summed E-state index contributed by atoms with van der Waals surface area (Å²) in [6.45, 7) is 2.11. The smallest absolute Gasteiger partial charge is 0.326 e. The van der Waals surface area contributed by atoms with Crippen LogP contribution in [0.2, 0.25) is 0 Å². The SMILES string of the molecule is CCCCCC[C@@H](NC(=O)CCc1ccccc1)C(=O)O. The van der Waals surface area contributed by atoms with Crippen molar-refractivity contribution in [1.82, 2.24) is 5.32 Å². The minimum atomic E-state index is -0.945. The number of unbranched alkanes of at least 4 members (excludes halogenated alkanes) is 3. The highest BCUT2D eigenvalue weighted by atomic mass is 16.4. The van der Waals surface area contributed by atoms with Crippen LogP contribution >= 0.6 is 0 Å². The quantitative estimate of drug-likeness (QED) is 0.651. The number of carboxylic acid groups (broad SMARTS) is 1. The standard InChI is InChI=1S/C17H25NO3/c1-2-3-4-8-11-15(17(20)21)18-16(19)13-12-14-9-6-5-7-10-14/h5-7,9-10,15H,2-4,8,11-13H2,1H3,(H,18,19)(H,20,21)/t15-/m1/s1. The number of aliphatic carboxylic acids is 1. The number of hydrogen-bond acceptors (Lipinski definition) is 2. The van der Waals surface area contributed by atoms with Gasteiger partial charge in [-0.2, -0.15) is 0 Å². The third-order valence-corrected chi connectivity index (χ3v) is 3.46. The number of nitrogens with one attached hydrogen (secondary N) is 1. The van der Waals surface area contributed by atoms with Crippen LogP contribution in [0.5, 0.6) is 0 Å². The van der Waals surface area contributed by atoms with Gasteiger partial charge < -0.3 is 10.4 Å². The molecule has 1 aromatic carbocycles. The summed E-state index contributed by atoms with van der Waals surface area (Å²) >= 11 is 0. The van der Waals surface area contributed by atoms with Gasteiger partial charge >= 0.3 is 5.97 Å². The molecule has 4 heteroatoms. The van der Waals surface area contributed by atoms with Crippen molar-refractivity contribution in [1.29, 1.82) is 0 Å². The molecule has 1 atom stereocenters. The lowest BCUT2D eigenvalue weighted by Crippen LogP contribution is -2.40. The van der Waals surface area contributed by atoms with Gasteiger partial charge in [-0.05, 0) is 18.4 Å². The lowest BCUT2D eigenvalue weighted by Gasteiger charge is -2.14. The molecule has 4 nitrogen and oxygen atoms in total. The van der Waals surface area contributed by atoms with Crippen LogP contribution < -0.4 is 5.32 Å². The Kier molecular flexibility index (Phi) is 8.17. The molecule has 1 rings (SSSR count). The molecule has 0 bridgehead atoms. The van der Waals surface area contributed by atoms with Crippen LogP contribution in [0, 0.1) is 0 Å². The molecule has 116 valence electrons. The van der Waals surface area contributed by atoms with Gasteiger partial charge in [-0.1, -0.05) is 62.9 Å². The molecule has 1 amide bonds.